The zero-order chi connectivity index (χ0) is 22.5. The van der Waals surface area contributed by atoms with E-state index < -0.39 is 0 Å². The minimum absolute atomic E-state index is 0.0845. The van der Waals surface area contributed by atoms with Crippen molar-refractivity contribution >= 4 is 21.7 Å². The lowest BCUT2D eigenvalue weighted by Crippen LogP contribution is -2.08. The highest BCUT2D eigenvalue weighted by atomic mass is 16.5. The van der Waals surface area contributed by atoms with Crippen molar-refractivity contribution in [2.75, 3.05) is 13.2 Å². The number of unbranched alkanes of at least 4 members (excludes halogenated alkanes) is 1. The Kier molecular flexibility index (Phi) is 6.76. The van der Waals surface area contributed by atoms with Crippen molar-refractivity contribution in [1.29, 1.82) is 0 Å². The highest BCUT2D eigenvalue weighted by molar-refractivity contribution is 5.86. The molecule has 0 amide bonds. The quantitative estimate of drug-likeness (QED) is 0.339. The van der Waals surface area contributed by atoms with Gasteiger partial charge < -0.3 is 19.0 Å². The van der Waals surface area contributed by atoms with Gasteiger partial charge in [0.25, 0.3) is 0 Å². The fourth-order valence-corrected chi connectivity index (χ4v) is 3.70. The van der Waals surface area contributed by atoms with Gasteiger partial charge >= 0.3 is 0 Å². The van der Waals surface area contributed by atoms with Crippen molar-refractivity contribution < 1.29 is 19.0 Å². The van der Waals surface area contributed by atoms with Crippen LogP contribution >= 0.6 is 0 Å². The van der Waals surface area contributed by atoms with Crippen LogP contribution in [0, 0.1) is 0 Å². The largest absolute Gasteiger partial charge is 0.493 e. The summed E-state index contributed by atoms with van der Waals surface area (Å²) >= 11 is 0. The number of hydrogen-bond acceptors (Lipinski definition) is 5. The van der Waals surface area contributed by atoms with Gasteiger partial charge in [0, 0.05) is 30.7 Å². The van der Waals surface area contributed by atoms with Crippen molar-refractivity contribution in [3.05, 3.63) is 82.2 Å². The molecule has 0 spiro atoms. The number of aliphatic hydroxyl groups excluding tert-OH is 1. The Balaban J connectivity index is 1.69. The molecule has 0 bridgehead atoms. The molecular weight excluding hydrogens is 404 g/mol. The zero-order valence-corrected chi connectivity index (χ0v) is 18.5. The van der Waals surface area contributed by atoms with Crippen molar-refractivity contribution in [3.63, 3.8) is 0 Å². The second-order valence-electron chi connectivity index (χ2n) is 8.17. The van der Waals surface area contributed by atoms with E-state index >= 15 is 0 Å². The molecule has 1 aromatic heterocycles. The van der Waals surface area contributed by atoms with Gasteiger partial charge in [0.05, 0.1) is 6.61 Å². The minimum Gasteiger partial charge on any atom is -0.493 e. The molecule has 5 nitrogen and oxygen atoms in total. The first-order chi connectivity index (χ1) is 15.6. The van der Waals surface area contributed by atoms with E-state index in [9.17, 15) is 4.79 Å². The highest BCUT2D eigenvalue weighted by Crippen LogP contribution is 2.32. The molecule has 1 N–H and O–H groups in total. The Morgan fingerprint density at radius 2 is 1.78 bits per heavy atom. The van der Waals surface area contributed by atoms with E-state index in [0.717, 1.165) is 16.3 Å². The van der Waals surface area contributed by atoms with Gasteiger partial charge in [-0.3, -0.25) is 4.79 Å². The Morgan fingerprint density at radius 3 is 2.59 bits per heavy atom. The molecule has 4 aromatic rings. The van der Waals surface area contributed by atoms with Crippen molar-refractivity contribution in [2.24, 2.45) is 0 Å². The predicted molar refractivity (Wildman–Crippen MR) is 127 cm³/mol. The molecule has 0 aliphatic heterocycles. The van der Waals surface area contributed by atoms with Crippen LogP contribution in [0.3, 0.4) is 0 Å². The summed E-state index contributed by atoms with van der Waals surface area (Å²) in [6.45, 7) is 4.85. The molecule has 0 aliphatic carbocycles. The lowest BCUT2D eigenvalue weighted by atomic mass is 10.1. The lowest BCUT2D eigenvalue weighted by Gasteiger charge is -2.14. The summed E-state index contributed by atoms with van der Waals surface area (Å²) in [5.74, 6) is 1.73. The smallest absolute Gasteiger partial charge is 0.196 e. The Morgan fingerprint density at radius 1 is 0.969 bits per heavy atom. The molecule has 3 aromatic carbocycles. The average molecular weight is 433 g/mol. The third kappa shape index (κ3) is 4.78. The predicted octanol–water partition coefficient (Wildman–Crippen LogP) is 5.80. The van der Waals surface area contributed by atoms with E-state index in [-0.39, 0.29) is 18.0 Å². The SMILES string of the molecule is CC(C)c1cc(=O)c2c(OCCCCO)cc(OCc3cccc4ccccc34)cc2o1. The maximum atomic E-state index is 12.8. The van der Waals surface area contributed by atoms with Crippen LogP contribution in [0.15, 0.2) is 69.9 Å². The number of fused-ring (bicyclic) bond motifs is 2. The molecule has 0 atom stereocenters. The molecule has 0 unspecified atom stereocenters. The topological polar surface area (TPSA) is 68.9 Å². The van der Waals surface area contributed by atoms with Gasteiger partial charge in [0.1, 0.15) is 34.8 Å². The van der Waals surface area contributed by atoms with Crippen molar-refractivity contribution in [1.82, 2.24) is 0 Å². The first-order valence-corrected chi connectivity index (χ1v) is 11.0. The second kappa shape index (κ2) is 9.88. The van der Waals surface area contributed by atoms with Crippen LogP contribution < -0.4 is 14.9 Å². The van der Waals surface area contributed by atoms with Crippen molar-refractivity contribution in [2.45, 2.75) is 39.2 Å². The minimum atomic E-state index is -0.132. The molecule has 0 saturated heterocycles. The van der Waals surface area contributed by atoms with Gasteiger partial charge in [0.2, 0.25) is 0 Å². The summed E-state index contributed by atoms with van der Waals surface area (Å²) in [5.41, 5.74) is 1.40. The molecule has 0 saturated carbocycles. The Hall–Kier alpha value is -3.31. The maximum absolute atomic E-state index is 12.8. The molecule has 0 fully saturated rings. The number of aliphatic hydroxyl groups is 1. The van der Waals surface area contributed by atoms with E-state index in [0.29, 0.717) is 54.3 Å². The molecule has 0 aliphatic rings. The van der Waals surface area contributed by atoms with E-state index in [1.807, 2.05) is 38.1 Å². The molecule has 32 heavy (non-hydrogen) atoms. The Bertz CT molecular complexity index is 1270. The highest BCUT2D eigenvalue weighted by Gasteiger charge is 2.15. The summed E-state index contributed by atoms with van der Waals surface area (Å²) in [5, 5.41) is 11.7. The summed E-state index contributed by atoms with van der Waals surface area (Å²) in [6, 6.07) is 19.4. The van der Waals surface area contributed by atoms with Crippen LogP contribution in [0.4, 0.5) is 0 Å². The fraction of sp³-hybridized carbons (Fsp3) is 0.296. The van der Waals surface area contributed by atoms with E-state index in [1.165, 1.54) is 6.07 Å². The molecule has 1 heterocycles. The van der Waals surface area contributed by atoms with Gasteiger partial charge in [-0.1, -0.05) is 56.3 Å². The van der Waals surface area contributed by atoms with Crippen molar-refractivity contribution in [3.8, 4) is 11.5 Å². The zero-order valence-electron chi connectivity index (χ0n) is 18.5. The number of benzene rings is 3. The second-order valence-corrected chi connectivity index (χ2v) is 8.17. The number of hydrogen-bond donors (Lipinski definition) is 1. The van der Waals surface area contributed by atoms with Gasteiger partial charge in [-0.05, 0) is 29.2 Å². The molecule has 4 rings (SSSR count). The third-order valence-corrected chi connectivity index (χ3v) is 5.44. The third-order valence-electron chi connectivity index (χ3n) is 5.44. The fourth-order valence-electron chi connectivity index (χ4n) is 3.70. The van der Waals surface area contributed by atoms with Crippen LogP contribution in [0.1, 0.15) is 43.9 Å². The Labute approximate surface area is 187 Å². The molecule has 0 radical (unpaired) electrons. The average Bonchev–Trinajstić information content (AvgIpc) is 2.80. The summed E-state index contributed by atoms with van der Waals surface area (Å²) < 4.78 is 18.1. The van der Waals surface area contributed by atoms with Gasteiger partial charge in [0.15, 0.2) is 5.43 Å². The monoisotopic (exact) mass is 432 g/mol. The van der Waals surface area contributed by atoms with E-state index in [2.05, 4.69) is 18.2 Å². The van der Waals surface area contributed by atoms with Crippen LogP contribution in [0.25, 0.3) is 21.7 Å². The van der Waals surface area contributed by atoms with E-state index in [4.69, 9.17) is 19.0 Å². The van der Waals surface area contributed by atoms with Gasteiger partial charge in [-0.2, -0.15) is 0 Å². The summed E-state index contributed by atoms with van der Waals surface area (Å²) in [4.78, 5) is 12.8. The van der Waals surface area contributed by atoms with Gasteiger partial charge in [-0.15, -0.1) is 0 Å². The van der Waals surface area contributed by atoms with Crippen LogP contribution in [0.2, 0.25) is 0 Å². The van der Waals surface area contributed by atoms with Crippen LogP contribution in [0.5, 0.6) is 11.5 Å². The molecule has 166 valence electrons. The maximum Gasteiger partial charge on any atom is 0.196 e. The normalized spacial score (nSPS) is 11.4. The molecule has 5 heteroatoms. The number of rotatable bonds is 9. The number of ether oxygens (including phenoxy) is 2. The summed E-state index contributed by atoms with van der Waals surface area (Å²) in [6.07, 6.45) is 1.33. The first-order valence-electron chi connectivity index (χ1n) is 11.0. The van der Waals surface area contributed by atoms with E-state index in [1.54, 1.807) is 12.1 Å². The standard InChI is InChI=1S/C27H28O5/c1-18(2)24-16-23(29)27-25(30-13-6-5-12-28)14-21(15-26(27)32-24)31-17-20-10-7-9-19-8-3-4-11-22(19)20/h3-4,7-11,14-16,18,28H,5-6,12-13,17H2,1-2H3. The van der Waals surface area contributed by atoms with Crippen LogP contribution in [-0.4, -0.2) is 18.3 Å². The van der Waals surface area contributed by atoms with Gasteiger partial charge in [-0.25, -0.2) is 0 Å². The first kappa shape index (κ1) is 21.9. The van der Waals surface area contributed by atoms with Crippen LogP contribution in [-0.2, 0) is 6.61 Å². The lowest BCUT2D eigenvalue weighted by molar-refractivity contribution is 0.252. The summed E-state index contributed by atoms with van der Waals surface area (Å²) in [7, 11) is 0. The molecular formula is C27H28O5.